The molecule has 13 heteroatoms. The number of carbonyl (C=O) groups excluding carboxylic acids is 1. The van der Waals surface area contributed by atoms with Gasteiger partial charge in [-0.25, -0.2) is 13.8 Å². The molecule has 0 radical (unpaired) electrons. The average Bonchev–Trinajstić information content (AvgIpc) is 2.86. The molecule has 1 amide bonds. The monoisotopic (exact) mass is 643 g/mol. The fourth-order valence-corrected chi connectivity index (χ4v) is 5.09. The van der Waals surface area contributed by atoms with Crippen LogP contribution >= 0.6 is 39.1 Å². The molecule has 9 nitrogen and oxygen atoms in total. The second-order valence-electron chi connectivity index (χ2n) is 7.79. The van der Waals surface area contributed by atoms with Gasteiger partial charge < -0.3 is 14.2 Å². The van der Waals surface area contributed by atoms with E-state index >= 15 is 0 Å². The molecule has 38 heavy (non-hydrogen) atoms. The van der Waals surface area contributed by atoms with Crippen LogP contribution in [0.15, 0.2) is 64.2 Å². The zero-order valence-electron chi connectivity index (χ0n) is 20.6. The van der Waals surface area contributed by atoms with Gasteiger partial charge in [-0.2, -0.15) is 5.10 Å². The summed E-state index contributed by atoms with van der Waals surface area (Å²) in [6.07, 6.45) is 2.36. The van der Waals surface area contributed by atoms with E-state index in [1.165, 1.54) is 32.6 Å². The van der Waals surface area contributed by atoms with Crippen LogP contribution in [0.2, 0.25) is 10.0 Å². The van der Waals surface area contributed by atoms with Gasteiger partial charge in [-0.3, -0.25) is 9.10 Å². The fraction of sp³-hybridized carbons (Fsp3) is 0.200. The Kier molecular flexibility index (Phi) is 10.3. The normalized spacial score (nSPS) is 11.3. The molecule has 0 aliphatic carbocycles. The Morgan fingerprint density at radius 2 is 1.79 bits per heavy atom. The average molecular weight is 645 g/mol. The Balaban J connectivity index is 1.72. The van der Waals surface area contributed by atoms with Crippen molar-refractivity contribution >= 4 is 67.0 Å². The van der Waals surface area contributed by atoms with Crippen molar-refractivity contribution in [2.45, 2.75) is 6.61 Å². The van der Waals surface area contributed by atoms with Gasteiger partial charge in [-0.1, -0.05) is 41.4 Å². The van der Waals surface area contributed by atoms with E-state index in [0.717, 1.165) is 16.1 Å². The second-order valence-corrected chi connectivity index (χ2v) is 11.4. The molecule has 0 fully saturated rings. The lowest BCUT2D eigenvalue weighted by atomic mass is 10.2. The first kappa shape index (κ1) is 29.6. The topological polar surface area (TPSA) is 107 Å². The third kappa shape index (κ3) is 7.76. The van der Waals surface area contributed by atoms with Crippen molar-refractivity contribution < 1.29 is 27.4 Å². The zero-order valence-corrected chi connectivity index (χ0v) is 24.5. The van der Waals surface area contributed by atoms with Crippen LogP contribution in [-0.2, 0) is 21.4 Å². The third-order valence-corrected chi connectivity index (χ3v) is 7.40. The molecule has 1 N–H and O–H groups in total. The standard InChI is InChI=1S/C25H24BrCl2N3O6S/c1-35-22-9-8-18(27)12-21(22)31(38(3,33)34)14-24(32)30-29-13-16-10-19(26)25(23(11-16)36-2)37-15-17-6-4-5-7-20(17)28/h4-13H,14-15H2,1-3H3,(H,30,32)/b29-13-. The van der Waals surface area contributed by atoms with E-state index in [1.54, 1.807) is 24.3 Å². The summed E-state index contributed by atoms with van der Waals surface area (Å²) in [6, 6.07) is 15.2. The minimum Gasteiger partial charge on any atom is -0.495 e. The number of hydrogen-bond acceptors (Lipinski definition) is 7. The largest absolute Gasteiger partial charge is 0.495 e. The van der Waals surface area contributed by atoms with Crippen LogP contribution in [0.25, 0.3) is 0 Å². The molecule has 0 bridgehead atoms. The lowest BCUT2D eigenvalue weighted by molar-refractivity contribution is -0.119. The van der Waals surface area contributed by atoms with Crippen molar-refractivity contribution in [3.05, 3.63) is 80.2 Å². The highest BCUT2D eigenvalue weighted by Crippen LogP contribution is 2.37. The number of benzene rings is 3. The van der Waals surface area contributed by atoms with Crippen LogP contribution in [-0.4, -0.2) is 47.6 Å². The summed E-state index contributed by atoms with van der Waals surface area (Å²) in [5.74, 6) is 0.452. The summed E-state index contributed by atoms with van der Waals surface area (Å²) >= 11 is 15.7. The number of carbonyl (C=O) groups is 1. The van der Waals surface area contributed by atoms with Crippen LogP contribution in [0, 0.1) is 0 Å². The molecule has 3 rings (SSSR count). The second kappa shape index (κ2) is 13.2. The van der Waals surface area contributed by atoms with Gasteiger partial charge in [0.1, 0.15) is 18.9 Å². The molecule has 0 unspecified atom stereocenters. The molecule has 0 aliphatic heterocycles. The summed E-state index contributed by atoms with van der Waals surface area (Å²) in [5.41, 5.74) is 3.85. The maximum atomic E-state index is 12.6. The number of amides is 1. The first-order valence-electron chi connectivity index (χ1n) is 10.9. The maximum Gasteiger partial charge on any atom is 0.260 e. The van der Waals surface area contributed by atoms with E-state index in [-0.39, 0.29) is 23.1 Å². The molecular formula is C25H24BrCl2N3O6S. The smallest absolute Gasteiger partial charge is 0.260 e. The Morgan fingerprint density at radius 3 is 2.45 bits per heavy atom. The van der Waals surface area contributed by atoms with Crippen LogP contribution in [0.4, 0.5) is 5.69 Å². The van der Waals surface area contributed by atoms with E-state index in [2.05, 4.69) is 26.5 Å². The van der Waals surface area contributed by atoms with Crippen molar-refractivity contribution in [1.29, 1.82) is 0 Å². The van der Waals surface area contributed by atoms with E-state index in [1.807, 2.05) is 18.2 Å². The highest BCUT2D eigenvalue weighted by atomic mass is 79.9. The molecule has 0 atom stereocenters. The van der Waals surface area contributed by atoms with Crippen LogP contribution in [0.3, 0.4) is 0 Å². The number of sulfonamides is 1. The number of nitrogens with zero attached hydrogens (tertiary/aromatic N) is 2. The van der Waals surface area contributed by atoms with Crippen LogP contribution < -0.4 is 23.9 Å². The van der Waals surface area contributed by atoms with Crippen LogP contribution in [0.5, 0.6) is 17.2 Å². The van der Waals surface area contributed by atoms with Gasteiger partial charge >= 0.3 is 0 Å². The molecule has 3 aromatic carbocycles. The zero-order chi connectivity index (χ0) is 27.9. The van der Waals surface area contributed by atoms with Crippen molar-refractivity contribution in [2.75, 3.05) is 31.3 Å². The number of anilines is 1. The summed E-state index contributed by atoms with van der Waals surface area (Å²) in [6.45, 7) is -0.318. The SMILES string of the molecule is COc1ccc(Cl)cc1N(CC(=O)N/N=C\c1cc(Br)c(OCc2ccccc2Cl)c(OC)c1)S(C)(=O)=O. The molecule has 0 spiro atoms. The first-order valence-corrected chi connectivity index (χ1v) is 14.3. The number of rotatable bonds is 11. The van der Waals surface area contributed by atoms with Gasteiger partial charge in [0, 0.05) is 15.6 Å². The Bertz CT molecular complexity index is 1450. The van der Waals surface area contributed by atoms with Crippen molar-refractivity contribution in [2.24, 2.45) is 5.10 Å². The maximum absolute atomic E-state index is 12.6. The highest BCUT2D eigenvalue weighted by Gasteiger charge is 2.24. The lowest BCUT2D eigenvalue weighted by Gasteiger charge is -2.23. The molecule has 3 aromatic rings. The summed E-state index contributed by atoms with van der Waals surface area (Å²) in [7, 11) is -0.968. The van der Waals surface area contributed by atoms with Gasteiger partial charge in [0.2, 0.25) is 10.0 Å². The van der Waals surface area contributed by atoms with Crippen molar-refractivity contribution in [1.82, 2.24) is 5.43 Å². The predicted molar refractivity (Wildman–Crippen MR) is 152 cm³/mol. The Morgan fingerprint density at radius 1 is 1.08 bits per heavy atom. The van der Waals surface area contributed by atoms with Gasteiger partial charge in [-0.15, -0.1) is 0 Å². The van der Waals surface area contributed by atoms with Gasteiger partial charge in [0.15, 0.2) is 11.5 Å². The number of hydrazone groups is 1. The third-order valence-electron chi connectivity index (χ3n) is 5.08. The number of ether oxygens (including phenoxy) is 3. The number of hydrogen-bond donors (Lipinski definition) is 1. The van der Waals surface area contributed by atoms with Gasteiger partial charge in [0.25, 0.3) is 5.91 Å². The fourth-order valence-electron chi connectivity index (χ4n) is 3.30. The van der Waals surface area contributed by atoms with E-state index in [4.69, 9.17) is 37.4 Å². The molecule has 0 saturated carbocycles. The highest BCUT2D eigenvalue weighted by molar-refractivity contribution is 9.10. The quantitative estimate of drug-likeness (QED) is 0.225. The summed E-state index contributed by atoms with van der Waals surface area (Å²) < 4.78 is 42.9. The minimum atomic E-state index is -3.85. The van der Waals surface area contributed by atoms with Crippen LogP contribution in [0.1, 0.15) is 11.1 Å². The van der Waals surface area contributed by atoms with E-state index < -0.39 is 22.5 Å². The molecule has 0 saturated heterocycles. The number of methoxy groups -OCH3 is 2. The number of nitrogens with one attached hydrogen (secondary N) is 1. The Labute approximate surface area is 239 Å². The molecular weight excluding hydrogens is 621 g/mol. The summed E-state index contributed by atoms with van der Waals surface area (Å²) in [4.78, 5) is 12.6. The number of halogens is 3. The lowest BCUT2D eigenvalue weighted by Crippen LogP contribution is -2.39. The molecule has 0 aliphatic rings. The molecule has 0 heterocycles. The minimum absolute atomic E-state index is 0.127. The molecule has 202 valence electrons. The first-order chi connectivity index (χ1) is 18.0. The van der Waals surface area contributed by atoms with E-state index in [0.29, 0.717) is 26.6 Å². The predicted octanol–water partition coefficient (Wildman–Crippen LogP) is 5.27. The van der Waals surface area contributed by atoms with Gasteiger partial charge in [-0.05, 0) is 57.9 Å². The molecule has 0 aromatic heterocycles. The summed E-state index contributed by atoms with van der Waals surface area (Å²) in [5, 5.41) is 4.82. The van der Waals surface area contributed by atoms with Crippen molar-refractivity contribution in [3.63, 3.8) is 0 Å². The van der Waals surface area contributed by atoms with Crippen molar-refractivity contribution in [3.8, 4) is 17.2 Å². The Hall–Kier alpha value is -2.99. The van der Waals surface area contributed by atoms with E-state index in [9.17, 15) is 13.2 Å². The van der Waals surface area contributed by atoms with Gasteiger partial charge in [0.05, 0.1) is 36.9 Å².